The predicted octanol–water partition coefficient (Wildman–Crippen LogP) is 5.48. The van der Waals surface area contributed by atoms with E-state index in [9.17, 15) is 30.0 Å². The van der Waals surface area contributed by atoms with Crippen LogP contribution in [0.2, 0.25) is 0 Å². The quantitative estimate of drug-likeness (QED) is 0.141. The molecule has 0 aliphatic carbocycles. The summed E-state index contributed by atoms with van der Waals surface area (Å²) in [6.07, 6.45) is 0.952. The van der Waals surface area contributed by atoms with Crippen LogP contribution in [0, 0.1) is 3.57 Å². The zero-order chi connectivity index (χ0) is 27.0. The summed E-state index contributed by atoms with van der Waals surface area (Å²) in [5.41, 5.74) is 5.12. The first kappa shape index (κ1) is 29.9. The van der Waals surface area contributed by atoms with Gasteiger partial charge in [0.2, 0.25) is 0 Å². The van der Waals surface area contributed by atoms with Gasteiger partial charge in [-0.2, -0.15) is 0 Å². The SMILES string of the molecule is CCOC(=O)COc1ccc(C(C)Cc2ccccc2-c2ccc([IH+])cc2)cc1.F[P-](F)(F)(F)(F)F. The Kier molecular flexibility index (Phi) is 9.45. The van der Waals surface area contributed by atoms with E-state index in [1.165, 1.54) is 25.8 Å². The van der Waals surface area contributed by atoms with Crippen molar-refractivity contribution in [2.45, 2.75) is 26.2 Å². The van der Waals surface area contributed by atoms with E-state index >= 15 is 0 Å². The van der Waals surface area contributed by atoms with Gasteiger partial charge in [0.25, 0.3) is 22.6 Å². The molecule has 3 rings (SSSR count). The van der Waals surface area contributed by atoms with Gasteiger partial charge >= 0.3 is 39.0 Å². The van der Waals surface area contributed by atoms with Crippen LogP contribution in [0.4, 0.5) is 25.2 Å². The van der Waals surface area contributed by atoms with Crippen LogP contribution in [-0.2, 0) is 16.0 Å². The number of benzene rings is 3. The minimum atomic E-state index is -10.7. The standard InChI is InChI=1S/C25H26IO3.F6P/c1-3-28-25(27)17-29-23-14-10-19(11-15-23)18(2)16-21-6-4-5-7-24(21)20-8-12-22(26)13-9-20;1-7(2,3,4,5)6/h4-15,18,26H,3,16-17H2,1-2H3;/q+1;-1. The maximum atomic E-state index is 11.4. The van der Waals surface area contributed by atoms with Gasteiger partial charge < -0.3 is 9.47 Å². The second kappa shape index (κ2) is 11.4. The molecule has 3 nitrogen and oxygen atoms in total. The summed E-state index contributed by atoms with van der Waals surface area (Å²) < 4.78 is 70.8. The van der Waals surface area contributed by atoms with Crippen molar-refractivity contribution in [1.29, 1.82) is 0 Å². The third-order valence-electron chi connectivity index (χ3n) is 4.82. The maximum absolute atomic E-state index is 11.4. The molecule has 0 heterocycles. The van der Waals surface area contributed by atoms with Crippen LogP contribution in [0.5, 0.6) is 5.75 Å². The van der Waals surface area contributed by atoms with Crippen LogP contribution in [0.3, 0.4) is 0 Å². The molecule has 0 amide bonds. The molecule has 0 saturated heterocycles. The third-order valence-corrected chi connectivity index (χ3v) is 5.60. The molecule has 0 aliphatic rings. The van der Waals surface area contributed by atoms with Crippen molar-refractivity contribution in [3.8, 4) is 16.9 Å². The van der Waals surface area contributed by atoms with E-state index in [4.69, 9.17) is 9.47 Å². The molecule has 36 heavy (non-hydrogen) atoms. The van der Waals surface area contributed by atoms with Gasteiger partial charge in [-0.1, -0.05) is 43.3 Å². The fourth-order valence-corrected chi connectivity index (χ4v) is 3.69. The van der Waals surface area contributed by atoms with Crippen molar-refractivity contribution >= 4 is 13.8 Å². The number of ether oxygens (including phenoxy) is 2. The molecule has 0 bridgehead atoms. The fourth-order valence-electron chi connectivity index (χ4n) is 3.30. The zero-order valence-electron chi connectivity index (χ0n) is 19.5. The van der Waals surface area contributed by atoms with Gasteiger partial charge in [0.1, 0.15) is 5.75 Å². The van der Waals surface area contributed by atoms with Gasteiger partial charge in [0.15, 0.2) is 10.2 Å². The second-order valence-electron chi connectivity index (χ2n) is 7.91. The molecule has 0 aromatic heterocycles. The monoisotopic (exact) mass is 646 g/mol. The van der Waals surface area contributed by atoms with Crippen molar-refractivity contribution in [2.75, 3.05) is 13.2 Å². The van der Waals surface area contributed by atoms with Crippen molar-refractivity contribution < 1.29 is 62.0 Å². The third kappa shape index (κ3) is 12.6. The van der Waals surface area contributed by atoms with Gasteiger partial charge in [-0.05, 0) is 77.9 Å². The van der Waals surface area contributed by atoms with E-state index in [-0.39, 0.29) is 12.6 Å². The molecule has 1 atom stereocenters. The Bertz CT molecular complexity index is 1140. The summed E-state index contributed by atoms with van der Waals surface area (Å²) in [6, 6.07) is 25.3. The number of esters is 1. The molecular weight excluding hydrogens is 620 g/mol. The van der Waals surface area contributed by atoms with E-state index in [1.807, 2.05) is 34.7 Å². The molecule has 0 N–H and O–H groups in total. The van der Waals surface area contributed by atoms with E-state index in [1.54, 1.807) is 6.92 Å². The first-order valence-electron chi connectivity index (χ1n) is 10.8. The average molecular weight is 646 g/mol. The molecule has 0 saturated carbocycles. The molecule has 1 unspecified atom stereocenters. The van der Waals surface area contributed by atoms with Gasteiger partial charge in [-0.25, -0.2) is 4.79 Å². The number of carbonyl (C=O) groups is 1. The van der Waals surface area contributed by atoms with Gasteiger partial charge in [-0.3, -0.25) is 0 Å². The van der Waals surface area contributed by atoms with E-state index in [0.717, 1.165) is 6.42 Å². The van der Waals surface area contributed by atoms with Crippen molar-refractivity contribution in [3.05, 3.63) is 87.5 Å². The minimum absolute atomic E-state index is 0.0627. The fraction of sp³-hybridized carbons (Fsp3) is 0.240. The van der Waals surface area contributed by atoms with Crippen LogP contribution in [0.15, 0.2) is 72.8 Å². The first-order chi connectivity index (χ1) is 16.5. The number of carbonyl (C=O) groups excluding carboxylic acids is 1. The topological polar surface area (TPSA) is 35.5 Å². The molecule has 0 radical (unpaired) electrons. The molecular formula is C25H26F6IO3P. The Morgan fingerprint density at radius 3 is 2.00 bits per heavy atom. The van der Waals surface area contributed by atoms with Crippen LogP contribution in [-0.4, -0.2) is 19.2 Å². The summed E-state index contributed by atoms with van der Waals surface area (Å²) in [4.78, 5) is 11.4. The number of rotatable bonds is 8. The average Bonchev–Trinajstić information content (AvgIpc) is 2.77. The molecule has 0 fully saturated rings. The van der Waals surface area contributed by atoms with Crippen LogP contribution in [0.25, 0.3) is 11.1 Å². The Morgan fingerprint density at radius 1 is 0.889 bits per heavy atom. The first-order valence-corrected chi connectivity index (χ1v) is 14.0. The van der Waals surface area contributed by atoms with Crippen LogP contribution >= 0.6 is 7.81 Å². The zero-order valence-corrected chi connectivity index (χ0v) is 22.7. The normalized spacial score (nSPS) is 13.9. The van der Waals surface area contributed by atoms with Crippen LogP contribution < -0.4 is 27.3 Å². The molecule has 11 heteroatoms. The number of hydrogen-bond donors (Lipinski definition) is 0. The van der Waals surface area contributed by atoms with Crippen molar-refractivity contribution in [2.24, 2.45) is 0 Å². The van der Waals surface area contributed by atoms with Gasteiger partial charge in [0, 0.05) is 0 Å². The Morgan fingerprint density at radius 2 is 1.44 bits per heavy atom. The summed E-state index contributed by atoms with van der Waals surface area (Å²) >= 11 is 2.03. The molecule has 3 aromatic rings. The Hall–Kier alpha value is -2.33. The summed E-state index contributed by atoms with van der Waals surface area (Å²) in [6.45, 7) is 4.32. The summed E-state index contributed by atoms with van der Waals surface area (Å²) in [7, 11) is -10.7. The molecule has 198 valence electrons. The molecule has 0 spiro atoms. The Balaban J connectivity index is 0.000000572. The Labute approximate surface area is 219 Å². The molecule has 3 aromatic carbocycles. The molecule has 0 aliphatic heterocycles. The number of halogens is 7. The predicted molar refractivity (Wildman–Crippen MR) is 126 cm³/mol. The van der Waals surface area contributed by atoms with E-state index < -0.39 is 7.81 Å². The van der Waals surface area contributed by atoms with Crippen LogP contribution in [0.1, 0.15) is 30.9 Å². The van der Waals surface area contributed by atoms with Crippen molar-refractivity contribution in [3.63, 3.8) is 0 Å². The summed E-state index contributed by atoms with van der Waals surface area (Å²) in [5, 5.41) is 0. The number of hydrogen-bond acceptors (Lipinski definition) is 3. The van der Waals surface area contributed by atoms with Gasteiger partial charge in [0.05, 0.1) is 6.61 Å². The van der Waals surface area contributed by atoms with Crippen molar-refractivity contribution in [1.82, 2.24) is 0 Å². The summed E-state index contributed by atoms with van der Waals surface area (Å²) in [5.74, 6) is 0.688. The van der Waals surface area contributed by atoms with E-state index in [0.29, 0.717) is 18.3 Å². The van der Waals surface area contributed by atoms with E-state index in [2.05, 4.69) is 67.6 Å². The van der Waals surface area contributed by atoms with Gasteiger partial charge in [-0.15, -0.1) is 0 Å². The second-order valence-corrected chi connectivity index (χ2v) is 11.2.